The Morgan fingerprint density at radius 2 is 1.81 bits per heavy atom. The number of methoxy groups -OCH3 is 1. The van der Waals surface area contributed by atoms with Crippen LogP contribution in [0.2, 0.25) is 0 Å². The van der Waals surface area contributed by atoms with Crippen LogP contribution in [0.4, 0.5) is 0 Å². The molecule has 0 atom stereocenters. The number of hydrogen-bond acceptors (Lipinski definition) is 6. The van der Waals surface area contributed by atoms with Crippen LogP contribution in [0, 0.1) is 0 Å². The molecule has 0 aliphatic rings. The summed E-state index contributed by atoms with van der Waals surface area (Å²) in [5.74, 6) is 1.69. The highest BCUT2D eigenvalue weighted by molar-refractivity contribution is 7.99. The van der Waals surface area contributed by atoms with Crippen LogP contribution in [-0.2, 0) is 17.9 Å². The standard InChI is InChI=1S/C24H23N5O2S/c1-31-21-11-9-18(10-12-21)14-26-22(30)17-32-24-28-27-23(20-8-5-13-25-15-20)29(24)16-19-6-3-2-4-7-19/h2-13,15H,14,16-17H2,1H3,(H,26,30). The molecule has 0 fully saturated rings. The van der Waals surface area contributed by atoms with Gasteiger partial charge in [0.25, 0.3) is 0 Å². The number of carbonyl (C=O) groups is 1. The molecule has 0 aliphatic heterocycles. The number of nitrogens with one attached hydrogen (secondary N) is 1. The Morgan fingerprint density at radius 1 is 1.00 bits per heavy atom. The van der Waals surface area contributed by atoms with Crippen molar-refractivity contribution in [2.45, 2.75) is 18.2 Å². The fraction of sp³-hybridized carbons (Fsp3) is 0.167. The van der Waals surface area contributed by atoms with Crippen molar-refractivity contribution >= 4 is 17.7 Å². The lowest BCUT2D eigenvalue weighted by Gasteiger charge is -2.10. The zero-order valence-corrected chi connectivity index (χ0v) is 18.5. The van der Waals surface area contributed by atoms with Gasteiger partial charge in [0.05, 0.1) is 19.4 Å². The molecule has 162 valence electrons. The summed E-state index contributed by atoms with van der Waals surface area (Å²) >= 11 is 1.37. The minimum atomic E-state index is -0.0667. The van der Waals surface area contributed by atoms with E-state index in [1.165, 1.54) is 11.8 Å². The SMILES string of the molecule is COc1ccc(CNC(=O)CSc2nnc(-c3cccnc3)n2Cc2ccccc2)cc1. The van der Waals surface area contributed by atoms with Crippen LogP contribution in [0.5, 0.6) is 5.75 Å². The Kier molecular flexibility index (Phi) is 7.14. The van der Waals surface area contributed by atoms with E-state index in [2.05, 4.69) is 32.6 Å². The van der Waals surface area contributed by atoms with Crippen molar-refractivity contribution in [3.63, 3.8) is 0 Å². The van der Waals surface area contributed by atoms with Crippen LogP contribution in [0.1, 0.15) is 11.1 Å². The summed E-state index contributed by atoms with van der Waals surface area (Å²) in [6, 6.07) is 21.6. The molecule has 0 saturated heterocycles. The molecule has 7 nitrogen and oxygen atoms in total. The largest absolute Gasteiger partial charge is 0.497 e. The first-order chi connectivity index (χ1) is 15.7. The lowest BCUT2D eigenvalue weighted by atomic mass is 10.2. The maximum absolute atomic E-state index is 12.4. The molecule has 0 saturated carbocycles. The third-order valence-electron chi connectivity index (χ3n) is 4.80. The Hall–Kier alpha value is -3.65. The summed E-state index contributed by atoms with van der Waals surface area (Å²) in [4.78, 5) is 16.6. The van der Waals surface area contributed by atoms with E-state index < -0.39 is 0 Å². The minimum absolute atomic E-state index is 0.0667. The van der Waals surface area contributed by atoms with Crippen molar-refractivity contribution < 1.29 is 9.53 Å². The Morgan fingerprint density at radius 3 is 2.53 bits per heavy atom. The lowest BCUT2D eigenvalue weighted by Crippen LogP contribution is -2.24. The van der Waals surface area contributed by atoms with Crippen molar-refractivity contribution in [3.8, 4) is 17.1 Å². The summed E-state index contributed by atoms with van der Waals surface area (Å²) in [5.41, 5.74) is 3.02. The second-order valence-corrected chi connectivity index (χ2v) is 7.98. The molecule has 1 N–H and O–H groups in total. The summed E-state index contributed by atoms with van der Waals surface area (Å²) in [7, 11) is 1.63. The van der Waals surface area contributed by atoms with Crippen LogP contribution in [0.3, 0.4) is 0 Å². The molecule has 2 aromatic heterocycles. The first-order valence-corrected chi connectivity index (χ1v) is 11.1. The zero-order chi connectivity index (χ0) is 22.2. The van der Waals surface area contributed by atoms with Gasteiger partial charge in [-0.25, -0.2) is 0 Å². The van der Waals surface area contributed by atoms with E-state index in [1.807, 2.05) is 59.2 Å². The molecule has 8 heteroatoms. The van der Waals surface area contributed by atoms with Gasteiger partial charge in [0.15, 0.2) is 11.0 Å². The number of carbonyl (C=O) groups excluding carboxylic acids is 1. The highest BCUT2D eigenvalue weighted by Gasteiger charge is 2.16. The van der Waals surface area contributed by atoms with Crippen molar-refractivity contribution in [1.29, 1.82) is 0 Å². The number of hydrogen-bond donors (Lipinski definition) is 1. The number of pyridine rings is 1. The monoisotopic (exact) mass is 445 g/mol. The normalized spacial score (nSPS) is 10.7. The average molecular weight is 446 g/mol. The summed E-state index contributed by atoms with van der Waals surface area (Å²) in [6.07, 6.45) is 3.49. The summed E-state index contributed by atoms with van der Waals surface area (Å²) < 4.78 is 7.18. The molecule has 2 heterocycles. The average Bonchev–Trinajstić information content (AvgIpc) is 3.25. The van der Waals surface area contributed by atoms with Gasteiger partial charge in [0.1, 0.15) is 5.75 Å². The number of rotatable bonds is 9. The molecule has 0 bridgehead atoms. The number of nitrogens with zero attached hydrogens (tertiary/aromatic N) is 4. The molecule has 1 amide bonds. The first-order valence-electron chi connectivity index (χ1n) is 10.1. The van der Waals surface area contributed by atoms with Crippen LogP contribution >= 0.6 is 11.8 Å². The Bertz CT molecular complexity index is 1150. The van der Waals surface area contributed by atoms with Crippen LogP contribution in [0.15, 0.2) is 84.3 Å². The summed E-state index contributed by atoms with van der Waals surface area (Å²) in [6.45, 7) is 1.06. The number of benzene rings is 2. The second kappa shape index (κ2) is 10.6. The van der Waals surface area contributed by atoms with E-state index in [1.54, 1.807) is 19.5 Å². The van der Waals surface area contributed by atoms with Crippen molar-refractivity contribution in [2.24, 2.45) is 0 Å². The van der Waals surface area contributed by atoms with Crippen LogP contribution in [-0.4, -0.2) is 38.5 Å². The number of amides is 1. The number of thioether (sulfide) groups is 1. The van der Waals surface area contributed by atoms with E-state index in [0.29, 0.717) is 18.2 Å². The highest BCUT2D eigenvalue weighted by atomic mass is 32.2. The van der Waals surface area contributed by atoms with E-state index in [4.69, 9.17) is 4.74 Å². The topological polar surface area (TPSA) is 81.9 Å². The van der Waals surface area contributed by atoms with Gasteiger partial charge in [-0.1, -0.05) is 54.2 Å². The fourth-order valence-electron chi connectivity index (χ4n) is 3.14. The predicted octanol–water partition coefficient (Wildman–Crippen LogP) is 3.81. The van der Waals surface area contributed by atoms with Gasteiger partial charge in [0.2, 0.25) is 5.91 Å². The quantitative estimate of drug-likeness (QED) is 0.395. The van der Waals surface area contributed by atoms with E-state index >= 15 is 0 Å². The van der Waals surface area contributed by atoms with E-state index in [0.717, 1.165) is 28.3 Å². The Balaban J connectivity index is 1.44. The van der Waals surface area contributed by atoms with Crippen molar-refractivity contribution in [3.05, 3.63) is 90.3 Å². The van der Waals surface area contributed by atoms with Gasteiger partial charge in [-0.15, -0.1) is 10.2 Å². The molecule has 32 heavy (non-hydrogen) atoms. The highest BCUT2D eigenvalue weighted by Crippen LogP contribution is 2.24. The maximum Gasteiger partial charge on any atom is 0.230 e. The number of aromatic nitrogens is 4. The maximum atomic E-state index is 12.4. The van der Waals surface area contributed by atoms with Gasteiger partial charge in [-0.2, -0.15) is 0 Å². The van der Waals surface area contributed by atoms with Gasteiger partial charge < -0.3 is 10.1 Å². The molecular weight excluding hydrogens is 422 g/mol. The molecule has 2 aromatic carbocycles. The third-order valence-corrected chi connectivity index (χ3v) is 5.77. The minimum Gasteiger partial charge on any atom is -0.497 e. The molecule has 0 unspecified atom stereocenters. The lowest BCUT2D eigenvalue weighted by molar-refractivity contribution is -0.118. The molecule has 4 rings (SSSR count). The third kappa shape index (κ3) is 5.53. The molecule has 4 aromatic rings. The zero-order valence-electron chi connectivity index (χ0n) is 17.6. The van der Waals surface area contributed by atoms with Gasteiger partial charge in [-0.05, 0) is 35.4 Å². The molecule has 0 aliphatic carbocycles. The Labute approximate surface area is 190 Å². The molecule has 0 spiro atoms. The van der Waals surface area contributed by atoms with E-state index in [-0.39, 0.29) is 11.7 Å². The molecular formula is C24H23N5O2S. The first kappa shape index (κ1) is 21.6. The van der Waals surface area contributed by atoms with Gasteiger partial charge in [0, 0.05) is 24.5 Å². The molecule has 0 radical (unpaired) electrons. The fourth-order valence-corrected chi connectivity index (χ4v) is 3.91. The van der Waals surface area contributed by atoms with Gasteiger partial charge >= 0.3 is 0 Å². The smallest absolute Gasteiger partial charge is 0.230 e. The number of ether oxygens (including phenoxy) is 1. The van der Waals surface area contributed by atoms with Crippen LogP contribution < -0.4 is 10.1 Å². The predicted molar refractivity (Wildman–Crippen MR) is 124 cm³/mol. The second-order valence-electron chi connectivity index (χ2n) is 7.03. The van der Waals surface area contributed by atoms with E-state index in [9.17, 15) is 4.79 Å². The van der Waals surface area contributed by atoms with Gasteiger partial charge in [-0.3, -0.25) is 14.3 Å². The van der Waals surface area contributed by atoms with Crippen LogP contribution in [0.25, 0.3) is 11.4 Å². The van der Waals surface area contributed by atoms with Crippen molar-refractivity contribution in [2.75, 3.05) is 12.9 Å². The van der Waals surface area contributed by atoms with Crippen molar-refractivity contribution in [1.82, 2.24) is 25.1 Å². The summed E-state index contributed by atoms with van der Waals surface area (Å²) in [5, 5.41) is 12.4.